The van der Waals surface area contributed by atoms with Crippen LogP contribution in [0.3, 0.4) is 0 Å². The molecule has 5 atom stereocenters. The summed E-state index contributed by atoms with van der Waals surface area (Å²) >= 11 is 0. The highest BCUT2D eigenvalue weighted by atomic mass is 16.6. The van der Waals surface area contributed by atoms with Gasteiger partial charge < -0.3 is 24.4 Å². The van der Waals surface area contributed by atoms with E-state index in [0.29, 0.717) is 24.0 Å². The molecule has 2 aliphatic rings. The van der Waals surface area contributed by atoms with Gasteiger partial charge in [0.1, 0.15) is 18.5 Å². The lowest BCUT2D eigenvalue weighted by molar-refractivity contribution is -0.155. The maximum Gasteiger partial charge on any atom is 0.341 e. The fourth-order valence-electron chi connectivity index (χ4n) is 5.67. The minimum Gasteiger partial charge on any atom is -0.482 e. The highest BCUT2D eigenvalue weighted by Gasteiger charge is 2.47. The van der Waals surface area contributed by atoms with Crippen LogP contribution in [0.1, 0.15) is 63.0 Å². The first-order valence-corrected chi connectivity index (χ1v) is 12.2. The van der Waals surface area contributed by atoms with Crippen molar-refractivity contribution >= 4 is 11.9 Å². The van der Waals surface area contributed by atoms with Gasteiger partial charge in [0.25, 0.3) is 0 Å². The Morgan fingerprint density at radius 2 is 1.97 bits per heavy atom. The van der Waals surface area contributed by atoms with Crippen molar-refractivity contribution in [2.75, 3.05) is 20.3 Å². The number of carboxylic acids is 1. The smallest absolute Gasteiger partial charge is 0.341 e. The molecular weight excluding hydrogens is 424 g/mol. The van der Waals surface area contributed by atoms with Crippen LogP contribution in [0.15, 0.2) is 18.2 Å². The molecule has 2 aliphatic carbocycles. The summed E-state index contributed by atoms with van der Waals surface area (Å²) in [6.45, 7) is 1.73. The Bertz CT molecular complexity index is 793. The summed E-state index contributed by atoms with van der Waals surface area (Å²) < 4.78 is 16.4. The zero-order valence-corrected chi connectivity index (χ0v) is 19.8. The SMILES string of the molecule is CCCCCC(O)CCC1C(OC(=O)COC)CC2Cc3c(cccc3OCC(=O)O)CC21. The molecule has 0 aromatic heterocycles. The van der Waals surface area contributed by atoms with Gasteiger partial charge in [0, 0.05) is 7.11 Å². The topological polar surface area (TPSA) is 102 Å². The van der Waals surface area contributed by atoms with Crippen LogP contribution in [0.5, 0.6) is 5.75 Å². The molecule has 0 amide bonds. The number of hydrogen-bond acceptors (Lipinski definition) is 6. The minimum atomic E-state index is -0.996. The third-order valence-corrected chi connectivity index (χ3v) is 7.19. The molecule has 5 unspecified atom stereocenters. The Kier molecular flexibility index (Phi) is 9.56. The van der Waals surface area contributed by atoms with Gasteiger partial charge in [-0.15, -0.1) is 0 Å². The van der Waals surface area contributed by atoms with E-state index in [9.17, 15) is 14.7 Å². The molecule has 0 radical (unpaired) electrons. The van der Waals surface area contributed by atoms with E-state index in [0.717, 1.165) is 56.9 Å². The minimum absolute atomic E-state index is 0.0639. The molecule has 7 nitrogen and oxygen atoms in total. The number of carboxylic acid groups (broad SMARTS) is 1. The van der Waals surface area contributed by atoms with Crippen molar-refractivity contribution in [1.29, 1.82) is 0 Å². The van der Waals surface area contributed by atoms with E-state index in [-0.39, 0.29) is 37.3 Å². The summed E-state index contributed by atoms with van der Waals surface area (Å²) in [4.78, 5) is 23.2. The van der Waals surface area contributed by atoms with Gasteiger partial charge in [0.2, 0.25) is 0 Å². The number of benzene rings is 1. The number of methoxy groups -OCH3 is 1. The molecule has 0 bridgehead atoms. The molecule has 1 aromatic carbocycles. The number of carbonyl (C=O) groups excluding carboxylic acids is 1. The molecule has 0 heterocycles. The first-order chi connectivity index (χ1) is 15.9. The largest absolute Gasteiger partial charge is 0.482 e. The highest BCUT2D eigenvalue weighted by molar-refractivity contribution is 5.71. The van der Waals surface area contributed by atoms with Gasteiger partial charge in [0.05, 0.1) is 6.10 Å². The molecule has 7 heteroatoms. The van der Waals surface area contributed by atoms with E-state index in [1.165, 1.54) is 12.7 Å². The van der Waals surface area contributed by atoms with E-state index in [1.54, 1.807) is 0 Å². The van der Waals surface area contributed by atoms with Crippen molar-refractivity contribution in [3.8, 4) is 5.75 Å². The standard InChI is InChI=1S/C26H38O7/c1-3-4-5-8-19(27)10-11-20-21-12-17-7-6-9-23(32-15-25(28)29)22(17)13-18(21)14-24(20)33-26(30)16-31-2/h6-7,9,18-21,24,27H,3-5,8,10-16H2,1-2H3,(H,28,29). The van der Waals surface area contributed by atoms with Gasteiger partial charge in [0.15, 0.2) is 6.61 Å². The lowest BCUT2D eigenvalue weighted by atomic mass is 9.73. The van der Waals surface area contributed by atoms with Gasteiger partial charge in [-0.25, -0.2) is 9.59 Å². The molecule has 1 aromatic rings. The molecule has 0 saturated heterocycles. The third-order valence-electron chi connectivity index (χ3n) is 7.19. The summed E-state index contributed by atoms with van der Waals surface area (Å²) in [5, 5.41) is 19.5. The summed E-state index contributed by atoms with van der Waals surface area (Å²) in [5.41, 5.74) is 2.25. The molecule has 3 rings (SSSR count). The van der Waals surface area contributed by atoms with Crippen molar-refractivity contribution in [2.45, 2.75) is 76.9 Å². The van der Waals surface area contributed by atoms with Gasteiger partial charge in [-0.05, 0) is 73.5 Å². The zero-order valence-electron chi connectivity index (χ0n) is 19.8. The van der Waals surface area contributed by atoms with E-state index < -0.39 is 5.97 Å². The number of rotatable bonds is 13. The second-order valence-corrected chi connectivity index (χ2v) is 9.50. The third kappa shape index (κ3) is 6.93. The number of ether oxygens (including phenoxy) is 3. The van der Waals surface area contributed by atoms with Crippen LogP contribution in [0, 0.1) is 17.8 Å². The first-order valence-electron chi connectivity index (χ1n) is 12.2. The van der Waals surface area contributed by atoms with Crippen molar-refractivity contribution in [3.63, 3.8) is 0 Å². The Hall–Kier alpha value is -2.12. The lowest BCUT2D eigenvalue weighted by Gasteiger charge is -2.32. The number of hydrogen-bond donors (Lipinski definition) is 2. The molecule has 184 valence electrons. The molecular formula is C26H38O7. The second-order valence-electron chi connectivity index (χ2n) is 9.50. The average Bonchev–Trinajstić information content (AvgIpc) is 3.10. The Morgan fingerprint density at radius 1 is 1.15 bits per heavy atom. The molecule has 1 saturated carbocycles. The second kappa shape index (κ2) is 12.4. The number of unbranched alkanes of at least 4 members (excludes halogenated alkanes) is 2. The fraction of sp³-hybridized carbons (Fsp3) is 0.692. The van der Waals surface area contributed by atoms with Gasteiger partial charge in [-0.2, -0.15) is 0 Å². The number of esters is 1. The van der Waals surface area contributed by atoms with E-state index >= 15 is 0 Å². The first kappa shape index (κ1) is 25.5. The quantitative estimate of drug-likeness (QED) is 0.340. The summed E-state index contributed by atoms with van der Waals surface area (Å²) in [7, 11) is 1.48. The van der Waals surface area contributed by atoms with Crippen LogP contribution >= 0.6 is 0 Å². The number of aliphatic carboxylic acids is 1. The van der Waals surface area contributed by atoms with Crippen LogP contribution in [-0.4, -0.2) is 54.7 Å². The highest BCUT2D eigenvalue weighted by Crippen LogP contribution is 2.49. The molecule has 0 aliphatic heterocycles. The number of fused-ring (bicyclic) bond motifs is 2. The van der Waals surface area contributed by atoms with Crippen molar-refractivity contribution in [2.24, 2.45) is 17.8 Å². The summed E-state index contributed by atoms with van der Waals surface area (Å²) in [5.74, 6) is 0.164. The number of carbonyl (C=O) groups is 2. The molecule has 0 spiro atoms. The predicted molar refractivity (Wildman–Crippen MR) is 123 cm³/mol. The van der Waals surface area contributed by atoms with E-state index in [2.05, 4.69) is 13.0 Å². The normalized spacial score (nSPS) is 24.6. The summed E-state index contributed by atoms with van der Waals surface area (Å²) in [6.07, 6.45) is 7.53. The van der Waals surface area contributed by atoms with Crippen molar-refractivity contribution in [1.82, 2.24) is 0 Å². The zero-order chi connectivity index (χ0) is 23.8. The lowest BCUT2D eigenvalue weighted by Crippen LogP contribution is -2.30. The average molecular weight is 463 g/mol. The monoisotopic (exact) mass is 462 g/mol. The van der Waals surface area contributed by atoms with Crippen LogP contribution < -0.4 is 4.74 Å². The maximum atomic E-state index is 12.2. The predicted octanol–water partition coefficient (Wildman–Crippen LogP) is 3.78. The Labute approximate surface area is 196 Å². The van der Waals surface area contributed by atoms with Crippen LogP contribution in [0.4, 0.5) is 0 Å². The van der Waals surface area contributed by atoms with Crippen molar-refractivity contribution in [3.05, 3.63) is 29.3 Å². The fourth-order valence-corrected chi connectivity index (χ4v) is 5.67. The van der Waals surface area contributed by atoms with E-state index in [1.807, 2.05) is 12.1 Å². The van der Waals surface area contributed by atoms with Gasteiger partial charge in [-0.3, -0.25) is 0 Å². The Balaban J connectivity index is 1.72. The van der Waals surface area contributed by atoms with Crippen LogP contribution in [0.25, 0.3) is 0 Å². The van der Waals surface area contributed by atoms with Crippen LogP contribution in [0.2, 0.25) is 0 Å². The van der Waals surface area contributed by atoms with Crippen LogP contribution in [-0.2, 0) is 31.9 Å². The Morgan fingerprint density at radius 3 is 2.70 bits per heavy atom. The van der Waals surface area contributed by atoms with E-state index in [4.69, 9.17) is 19.3 Å². The number of aliphatic hydroxyl groups excluding tert-OH is 1. The van der Waals surface area contributed by atoms with Gasteiger partial charge in [-0.1, -0.05) is 38.3 Å². The molecule has 2 N–H and O–H groups in total. The van der Waals surface area contributed by atoms with Crippen molar-refractivity contribution < 1.29 is 34.0 Å². The molecule has 33 heavy (non-hydrogen) atoms. The molecule has 1 fully saturated rings. The number of aliphatic hydroxyl groups is 1. The van der Waals surface area contributed by atoms with Gasteiger partial charge >= 0.3 is 11.9 Å². The maximum absolute atomic E-state index is 12.2. The summed E-state index contributed by atoms with van der Waals surface area (Å²) in [6, 6.07) is 5.82.